The van der Waals surface area contributed by atoms with Crippen LogP contribution in [0.25, 0.3) is 0 Å². The normalized spacial score (nSPS) is 11.9. The number of carbonyl (C=O) groups excluding carboxylic acids is 2. The molecule has 0 bridgehead atoms. The van der Waals surface area contributed by atoms with Crippen LogP contribution in [0.1, 0.15) is 47.9 Å². The molecule has 0 unspecified atom stereocenters. The van der Waals surface area contributed by atoms with Gasteiger partial charge in [0.2, 0.25) is 5.91 Å². The van der Waals surface area contributed by atoms with Gasteiger partial charge in [-0.1, -0.05) is 31.7 Å². The highest BCUT2D eigenvalue weighted by Gasteiger charge is 2.26. The molecule has 0 aliphatic heterocycles. The Morgan fingerprint density at radius 3 is 2.68 bits per heavy atom. The lowest BCUT2D eigenvalue weighted by Gasteiger charge is -2.22. The van der Waals surface area contributed by atoms with Gasteiger partial charge in [-0.15, -0.1) is 21.5 Å². The van der Waals surface area contributed by atoms with Crippen molar-refractivity contribution in [1.82, 2.24) is 25.1 Å². The van der Waals surface area contributed by atoms with Gasteiger partial charge in [-0.25, -0.2) is 4.98 Å². The second-order valence-electron chi connectivity index (χ2n) is 7.70. The third-order valence-corrected chi connectivity index (χ3v) is 6.61. The van der Waals surface area contributed by atoms with E-state index in [1.807, 2.05) is 32.3 Å². The third kappa shape index (κ3) is 6.17. The maximum absolute atomic E-state index is 12.9. The number of hydrogen-bond acceptors (Lipinski definition) is 9. The summed E-state index contributed by atoms with van der Waals surface area (Å²) < 4.78 is 1.85. The van der Waals surface area contributed by atoms with Crippen LogP contribution in [0.15, 0.2) is 35.6 Å². The van der Waals surface area contributed by atoms with Gasteiger partial charge in [-0.3, -0.25) is 19.7 Å². The third-order valence-electron chi connectivity index (χ3n) is 4.81. The van der Waals surface area contributed by atoms with Crippen LogP contribution in [-0.4, -0.2) is 42.2 Å². The molecule has 2 N–H and O–H groups in total. The summed E-state index contributed by atoms with van der Waals surface area (Å²) in [6.45, 7) is 8.24. The highest BCUT2D eigenvalue weighted by Crippen LogP contribution is 2.26. The van der Waals surface area contributed by atoms with Crippen molar-refractivity contribution < 1.29 is 14.5 Å². The quantitative estimate of drug-likeness (QED) is 0.241. The van der Waals surface area contributed by atoms with Gasteiger partial charge in [0.15, 0.2) is 16.1 Å². The summed E-state index contributed by atoms with van der Waals surface area (Å²) >= 11 is 2.64. The van der Waals surface area contributed by atoms with Crippen molar-refractivity contribution in [1.29, 1.82) is 0 Å². The molecule has 3 rings (SSSR count). The molecule has 0 radical (unpaired) electrons. The number of nitrogens with zero attached hydrogens (tertiary/aromatic N) is 5. The van der Waals surface area contributed by atoms with Crippen LogP contribution in [0.5, 0.6) is 0 Å². The van der Waals surface area contributed by atoms with E-state index in [2.05, 4.69) is 25.8 Å². The first-order chi connectivity index (χ1) is 16.2. The van der Waals surface area contributed by atoms with Crippen LogP contribution in [0.4, 0.5) is 10.8 Å². The van der Waals surface area contributed by atoms with Crippen LogP contribution in [0.2, 0.25) is 0 Å². The van der Waals surface area contributed by atoms with Crippen molar-refractivity contribution in [3.8, 4) is 0 Å². The highest BCUT2D eigenvalue weighted by atomic mass is 32.2. The van der Waals surface area contributed by atoms with E-state index < -0.39 is 16.9 Å². The van der Waals surface area contributed by atoms with Gasteiger partial charge in [-0.2, -0.15) is 0 Å². The van der Waals surface area contributed by atoms with Crippen LogP contribution < -0.4 is 10.6 Å². The monoisotopic (exact) mass is 503 g/mol. The zero-order chi connectivity index (χ0) is 24.8. The predicted octanol–water partition coefficient (Wildman–Crippen LogP) is 3.83. The van der Waals surface area contributed by atoms with Gasteiger partial charge in [0.05, 0.1) is 16.7 Å². The number of benzene rings is 1. The minimum Gasteiger partial charge on any atom is -0.342 e. The van der Waals surface area contributed by atoms with Crippen molar-refractivity contribution >= 4 is 45.7 Å². The molecule has 13 heteroatoms. The van der Waals surface area contributed by atoms with Gasteiger partial charge in [0.25, 0.3) is 11.6 Å². The lowest BCUT2D eigenvalue weighted by Crippen LogP contribution is -2.33. The molecule has 0 fully saturated rings. The fourth-order valence-corrected chi connectivity index (χ4v) is 4.64. The Bertz CT molecular complexity index is 1190. The number of carbonyl (C=O) groups is 2. The van der Waals surface area contributed by atoms with Crippen molar-refractivity contribution in [3.63, 3.8) is 0 Å². The van der Waals surface area contributed by atoms with Crippen LogP contribution in [-0.2, 0) is 11.3 Å². The van der Waals surface area contributed by atoms with E-state index in [-0.39, 0.29) is 28.8 Å². The van der Waals surface area contributed by atoms with E-state index in [1.165, 1.54) is 47.4 Å². The summed E-state index contributed by atoms with van der Waals surface area (Å²) in [5, 5.41) is 26.4. The summed E-state index contributed by atoms with van der Waals surface area (Å²) in [6, 6.07) is 5.08. The summed E-state index contributed by atoms with van der Waals surface area (Å²) in [5.41, 5.74) is 0.0291. The summed E-state index contributed by atoms with van der Waals surface area (Å²) in [5.74, 6) is -0.00383. The fourth-order valence-electron chi connectivity index (χ4n) is 3.15. The van der Waals surface area contributed by atoms with Crippen molar-refractivity contribution in [3.05, 3.63) is 56.8 Å². The smallest absolute Gasteiger partial charge is 0.270 e. The molecule has 34 heavy (non-hydrogen) atoms. The first-order valence-electron chi connectivity index (χ1n) is 10.5. The predicted molar refractivity (Wildman–Crippen MR) is 130 cm³/mol. The van der Waals surface area contributed by atoms with Crippen LogP contribution in [0, 0.1) is 23.0 Å². The Hall–Kier alpha value is -3.32. The number of nitro benzene ring substituents is 1. The molecule has 3 aromatic rings. The first-order valence-corrected chi connectivity index (χ1v) is 12.3. The number of hydrogen-bond donors (Lipinski definition) is 2. The molecule has 2 amide bonds. The minimum atomic E-state index is -0.542. The number of thiazole rings is 1. The standard InChI is InChI=1S/C21H25N7O4S2/c1-5-27-18(25-26-21(27)33-11-16(29)23-20-22-10-13(4)34-20)17(12(2)3)24-19(30)14-7-6-8-15(9-14)28(31)32/h6-10,12,17H,5,11H2,1-4H3,(H,24,30)(H,22,23,29)/t17-/m1/s1. The number of rotatable bonds is 10. The molecule has 180 valence electrons. The molecule has 11 nitrogen and oxygen atoms in total. The number of nitro groups is 1. The first kappa shape index (κ1) is 25.3. The average molecular weight is 504 g/mol. The van der Waals surface area contributed by atoms with E-state index in [1.54, 1.807) is 6.20 Å². The van der Waals surface area contributed by atoms with E-state index in [4.69, 9.17) is 0 Å². The molecule has 0 saturated heterocycles. The fraction of sp³-hybridized carbons (Fsp3) is 0.381. The lowest BCUT2D eigenvalue weighted by molar-refractivity contribution is -0.384. The molecule has 0 spiro atoms. The molecule has 2 heterocycles. The molecule has 0 aliphatic rings. The van der Waals surface area contributed by atoms with Gasteiger partial charge >= 0.3 is 0 Å². The summed E-state index contributed by atoms with van der Waals surface area (Å²) in [6.07, 6.45) is 1.70. The average Bonchev–Trinajstić information content (AvgIpc) is 3.40. The topological polar surface area (TPSA) is 145 Å². The van der Waals surface area contributed by atoms with E-state index in [0.717, 1.165) is 4.88 Å². The minimum absolute atomic E-state index is 0.0357. The van der Waals surface area contributed by atoms with Gasteiger partial charge in [0, 0.05) is 35.3 Å². The maximum Gasteiger partial charge on any atom is 0.270 e. The van der Waals surface area contributed by atoms with E-state index in [9.17, 15) is 19.7 Å². The number of non-ortho nitro benzene ring substituents is 1. The van der Waals surface area contributed by atoms with Crippen LogP contribution in [0.3, 0.4) is 0 Å². The molecule has 1 atom stereocenters. The largest absolute Gasteiger partial charge is 0.342 e. The van der Waals surface area contributed by atoms with Crippen molar-refractivity contribution in [2.75, 3.05) is 11.1 Å². The molecule has 1 aromatic carbocycles. The SMILES string of the molecule is CCn1c(SCC(=O)Nc2ncc(C)s2)nnc1[C@H](NC(=O)c1cccc([N+](=O)[O-])c1)C(C)C. The van der Waals surface area contributed by atoms with Gasteiger partial charge in [-0.05, 0) is 25.8 Å². The Morgan fingerprint density at radius 2 is 2.06 bits per heavy atom. The second kappa shape index (κ2) is 11.2. The second-order valence-corrected chi connectivity index (χ2v) is 9.88. The zero-order valence-corrected chi connectivity index (χ0v) is 20.8. The Morgan fingerprint density at radius 1 is 1.29 bits per heavy atom. The van der Waals surface area contributed by atoms with Gasteiger partial charge < -0.3 is 15.2 Å². The number of aromatic nitrogens is 4. The summed E-state index contributed by atoms with van der Waals surface area (Å²) in [4.78, 5) is 40.8. The number of anilines is 1. The Labute approximate surface area is 204 Å². The number of thioether (sulfide) groups is 1. The number of amides is 2. The molecule has 0 saturated carbocycles. The van der Waals surface area contributed by atoms with E-state index >= 15 is 0 Å². The Kier molecular flexibility index (Phi) is 8.34. The van der Waals surface area contributed by atoms with E-state index in [0.29, 0.717) is 22.7 Å². The van der Waals surface area contributed by atoms with Crippen molar-refractivity contribution in [2.24, 2.45) is 5.92 Å². The van der Waals surface area contributed by atoms with Gasteiger partial charge in [0.1, 0.15) is 0 Å². The Balaban J connectivity index is 1.73. The van der Waals surface area contributed by atoms with Crippen molar-refractivity contribution in [2.45, 2.75) is 45.4 Å². The molecular formula is C21H25N7O4S2. The summed E-state index contributed by atoms with van der Waals surface area (Å²) in [7, 11) is 0. The highest BCUT2D eigenvalue weighted by molar-refractivity contribution is 7.99. The number of aryl methyl sites for hydroxylation is 1. The molecular weight excluding hydrogens is 478 g/mol. The van der Waals surface area contributed by atoms with Crippen LogP contribution >= 0.6 is 23.1 Å². The molecule has 2 aromatic heterocycles. The number of nitrogens with one attached hydrogen (secondary N) is 2. The zero-order valence-electron chi connectivity index (χ0n) is 19.1. The molecule has 0 aliphatic carbocycles. The lowest BCUT2D eigenvalue weighted by atomic mass is 10.0. The maximum atomic E-state index is 12.9.